The van der Waals surface area contributed by atoms with Crippen LogP contribution in [0.3, 0.4) is 0 Å². The summed E-state index contributed by atoms with van der Waals surface area (Å²) in [5.74, 6) is 0.406. The first-order valence-electron chi connectivity index (χ1n) is 6.10. The van der Waals surface area contributed by atoms with Crippen molar-refractivity contribution < 1.29 is 8.42 Å². The van der Waals surface area contributed by atoms with E-state index < -0.39 is 10.0 Å². The van der Waals surface area contributed by atoms with Gasteiger partial charge in [0.15, 0.2) is 0 Å². The number of sulfonamides is 1. The zero-order valence-electron chi connectivity index (χ0n) is 11.5. The van der Waals surface area contributed by atoms with Crippen molar-refractivity contribution in [1.82, 2.24) is 9.62 Å². The van der Waals surface area contributed by atoms with Crippen molar-refractivity contribution in [3.05, 3.63) is 29.8 Å². The summed E-state index contributed by atoms with van der Waals surface area (Å²) in [4.78, 5) is 0.352. The third-order valence-corrected chi connectivity index (χ3v) is 4.80. The van der Waals surface area contributed by atoms with Crippen LogP contribution in [0.5, 0.6) is 0 Å². The summed E-state index contributed by atoms with van der Waals surface area (Å²) in [5, 5.41) is 2.94. The SMILES string of the molecule is CNCCN(C)S(=O)(=O)c1ccc(C(C)C)cc1. The topological polar surface area (TPSA) is 49.4 Å². The van der Waals surface area contributed by atoms with Gasteiger partial charge in [0.1, 0.15) is 0 Å². The van der Waals surface area contributed by atoms with Gasteiger partial charge in [-0.15, -0.1) is 0 Å². The maximum atomic E-state index is 12.2. The third-order valence-electron chi connectivity index (χ3n) is 2.93. The van der Waals surface area contributed by atoms with Crippen molar-refractivity contribution in [2.75, 3.05) is 27.2 Å². The van der Waals surface area contributed by atoms with E-state index in [1.165, 1.54) is 4.31 Å². The van der Waals surface area contributed by atoms with E-state index in [-0.39, 0.29) is 0 Å². The first-order chi connectivity index (χ1) is 8.39. The molecule has 4 nitrogen and oxygen atoms in total. The molecule has 18 heavy (non-hydrogen) atoms. The first kappa shape index (κ1) is 15.1. The van der Waals surface area contributed by atoms with Crippen LogP contribution >= 0.6 is 0 Å². The third kappa shape index (κ3) is 3.54. The van der Waals surface area contributed by atoms with Gasteiger partial charge in [-0.3, -0.25) is 0 Å². The summed E-state index contributed by atoms with van der Waals surface area (Å²) < 4.78 is 25.8. The van der Waals surface area contributed by atoms with Gasteiger partial charge in [0.2, 0.25) is 10.0 Å². The average Bonchev–Trinajstić information content (AvgIpc) is 2.35. The number of hydrogen-bond donors (Lipinski definition) is 1. The monoisotopic (exact) mass is 270 g/mol. The Morgan fingerprint density at radius 1 is 1.22 bits per heavy atom. The summed E-state index contributed by atoms with van der Waals surface area (Å²) in [6.07, 6.45) is 0. The molecule has 0 spiro atoms. The molecule has 0 bridgehead atoms. The van der Waals surface area contributed by atoms with E-state index in [4.69, 9.17) is 0 Å². The Labute approximate surface area is 110 Å². The number of nitrogens with one attached hydrogen (secondary N) is 1. The molecule has 102 valence electrons. The van der Waals surface area contributed by atoms with Gasteiger partial charge in [-0.05, 0) is 30.7 Å². The highest BCUT2D eigenvalue weighted by atomic mass is 32.2. The number of benzene rings is 1. The summed E-state index contributed by atoms with van der Waals surface area (Å²) in [7, 11) is 0.0433. The van der Waals surface area contributed by atoms with Crippen LogP contribution in [0.1, 0.15) is 25.3 Å². The van der Waals surface area contributed by atoms with Crippen LogP contribution in [-0.2, 0) is 10.0 Å². The lowest BCUT2D eigenvalue weighted by atomic mass is 10.0. The van der Waals surface area contributed by atoms with E-state index >= 15 is 0 Å². The number of rotatable bonds is 6. The normalized spacial score (nSPS) is 12.3. The lowest BCUT2D eigenvalue weighted by molar-refractivity contribution is 0.466. The van der Waals surface area contributed by atoms with E-state index in [1.807, 2.05) is 12.1 Å². The molecule has 0 aliphatic heterocycles. The van der Waals surface area contributed by atoms with Gasteiger partial charge in [0, 0.05) is 20.1 Å². The minimum atomic E-state index is -3.36. The molecule has 0 aliphatic carbocycles. The minimum Gasteiger partial charge on any atom is -0.318 e. The molecule has 1 aromatic rings. The molecule has 0 saturated carbocycles. The van der Waals surface area contributed by atoms with Crippen LogP contribution in [0.2, 0.25) is 0 Å². The molecule has 5 heteroatoms. The van der Waals surface area contributed by atoms with Crippen molar-refractivity contribution in [3.8, 4) is 0 Å². The van der Waals surface area contributed by atoms with Crippen molar-refractivity contribution >= 4 is 10.0 Å². The van der Waals surface area contributed by atoms with Gasteiger partial charge < -0.3 is 5.32 Å². The Bertz CT molecular complexity index is 466. The maximum absolute atomic E-state index is 12.2. The highest BCUT2D eigenvalue weighted by Crippen LogP contribution is 2.19. The van der Waals surface area contributed by atoms with E-state index in [1.54, 1.807) is 26.2 Å². The zero-order valence-corrected chi connectivity index (χ0v) is 12.3. The van der Waals surface area contributed by atoms with Crippen LogP contribution in [0.25, 0.3) is 0 Å². The van der Waals surface area contributed by atoms with Crippen LogP contribution in [-0.4, -0.2) is 39.9 Å². The highest BCUT2D eigenvalue weighted by molar-refractivity contribution is 7.89. The fourth-order valence-electron chi connectivity index (χ4n) is 1.59. The summed E-state index contributed by atoms with van der Waals surface area (Å²) >= 11 is 0. The lowest BCUT2D eigenvalue weighted by Crippen LogP contribution is -2.32. The molecular weight excluding hydrogens is 248 g/mol. The van der Waals surface area contributed by atoms with Crippen molar-refractivity contribution in [3.63, 3.8) is 0 Å². The van der Waals surface area contributed by atoms with Crippen molar-refractivity contribution in [2.45, 2.75) is 24.7 Å². The van der Waals surface area contributed by atoms with Crippen LogP contribution in [0.15, 0.2) is 29.2 Å². The zero-order chi connectivity index (χ0) is 13.8. The van der Waals surface area contributed by atoms with Gasteiger partial charge in [0.05, 0.1) is 4.90 Å². The molecule has 0 saturated heterocycles. The molecule has 0 radical (unpaired) electrons. The minimum absolute atomic E-state index is 0.352. The van der Waals surface area contributed by atoms with Crippen molar-refractivity contribution in [1.29, 1.82) is 0 Å². The molecule has 0 fully saturated rings. The lowest BCUT2D eigenvalue weighted by Gasteiger charge is -2.17. The first-order valence-corrected chi connectivity index (χ1v) is 7.54. The Balaban J connectivity index is 2.91. The Hall–Kier alpha value is -0.910. The second kappa shape index (κ2) is 6.31. The molecule has 0 atom stereocenters. The molecule has 1 rings (SSSR count). The Kier molecular flexibility index (Phi) is 5.31. The standard InChI is InChI=1S/C13H22N2O2S/c1-11(2)12-5-7-13(8-6-12)18(16,17)15(4)10-9-14-3/h5-8,11,14H,9-10H2,1-4H3. The largest absolute Gasteiger partial charge is 0.318 e. The second-order valence-corrected chi connectivity index (χ2v) is 6.70. The van der Waals surface area contributed by atoms with Gasteiger partial charge >= 0.3 is 0 Å². The van der Waals surface area contributed by atoms with Crippen molar-refractivity contribution in [2.24, 2.45) is 0 Å². The molecule has 0 amide bonds. The fraction of sp³-hybridized carbons (Fsp3) is 0.538. The summed E-state index contributed by atoms with van der Waals surface area (Å²) in [5.41, 5.74) is 1.15. The summed E-state index contributed by atoms with van der Waals surface area (Å²) in [6, 6.07) is 7.12. The quantitative estimate of drug-likeness (QED) is 0.855. The summed E-state index contributed by atoms with van der Waals surface area (Å²) in [6.45, 7) is 5.27. The van der Waals surface area contributed by atoms with Crippen LogP contribution in [0, 0.1) is 0 Å². The smallest absolute Gasteiger partial charge is 0.242 e. The van der Waals surface area contributed by atoms with Gasteiger partial charge in [-0.25, -0.2) is 8.42 Å². The van der Waals surface area contributed by atoms with Crippen LogP contribution < -0.4 is 5.32 Å². The number of nitrogens with zero attached hydrogens (tertiary/aromatic N) is 1. The van der Waals surface area contributed by atoms with Gasteiger partial charge in [-0.1, -0.05) is 26.0 Å². The van der Waals surface area contributed by atoms with E-state index in [0.717, 1.165) is 5.56 Å². The van der Waals surface area contributed by atoms with Crippen LogP contribution in [0.4, 0.5) is 0 Å². The fourth-order valence-corrected chi connectivity index (χ4v) is 2.77. The molecule has 1 N–H and O–H groups in total. The van der Waals surface area contributed by atoms with Gasteiger partial charge in [-0.2, -0.15) is 4.31 Å². The molecule has 0 aliphatic rings. The molecule has 0 unspecified atom stereocenters. The molecule has 1 aromatic carbocycles. The van der Waals surface area contributed by atoms with Gasteiger partial charge in [0.25, 0.3) is 0 Å². The maximum Gasteiger partial charge on any atom is 0.242 e. The molecule has 0 heterocycles. The predicted molar refractivity (Wildman–Crippen MR) is 74.3 cm³/mol. The average molecular weight is 270 g/mol. The van der Waals surface area contributed by atoms with E-state index in [2.05, 4.69) is 19.2 Å². The van der Waals surface area contributed by atoms with E-state index in [0.29, 0.717) is 23.9 Å². The molecular formula is C13H22N2O2S. The Morgan fingerprint density at radius 2 is 1.78 bits per heavy atom. The number of likely N-dealkylation sites (N-methyl/N-ethyl adjacent to an activating group) is 2. The number of hydrogen-bond acceptors (Lipinski definition) is 3. The Morgan fingerprint density at radius 3 is 2.22 bits per heavy atom. The van der Waals surface area contributed by atoms with E-state index in [9.17, 15) is 8.42 Å². The predicted octanol–water partition coefficient (Wildman–Crippen LogP) is 1.65. The highest BCUT2D eigenvalue weighted by Gasteiger charge is 2.19. The second-order valence-electron chi connectivity index (χ2n) is 4.65. The molecule has 0 aromatic heterocycles.